The first kappa shape index (κ1) is 10.5. The van der Waals surface area contributed by atoms with Crippen LogP contribution in [0.2, 0.25) is 0 Å². The third-order valence-corrected chi connectivity index (χ3v) is 3.19. The lowest BCUT2D eigenvalue weighted by atomic mass is 10.2. The first-order valence-corrected chi connectivity index (χ1v) is 6.02. The molecule has 4 heteroatoms. The molecule has 3 aromatic rings. The molecular weight excluding hydrogens is 280 g/mol. The fourth-order valence-electron chi connectivity index (χ4n) is 1.66. The fourth-order valence-corrected chi connectivity index (χ4v) is 2.11. The van der Waals surface area contributed by atoms with E-state index in [0.29, 0.717) is 11.6 Å². The number of rotatable bonds is 1. The lowest BCUT2D eigenvalue weighted by Gasteiger charge is -1.96. The number of nitrogens with zero attached hydrogens (tertiary/aromatic N) is 2. The van der Waals surface area contributed by atoms with Gasteiger partial charge >= 0.3 is 0 Å². The van der Waals surface area contributed by atoms with Crippen molar-refractivity contribution in [1.29, 1.82) is 0 Å². The van der Waals surface area contributed by atoms with Gasteiger partial charge in [-0.2, -0.15) is 0 Å². The molecule has 0 unspecified atom stereocenters. The number of benzene rings is 1. The zero-order chi connectivity index (χ0) is 11.8. The first-order valence-electron chi connectivity index (χ1n) is 5.23. The summed E-state index contributed by atoms with van der Waals surface area (Å²) in [5.74, 6) is 0.588. The van der Waals surface area contributed by atoms with Gasteiger partial charge in [-0.1, -0.05) is 12.1 Å². The predicted molar refractivity (Wildman–Crippen MR) is 69.7 cm³/mol. The standard InChI is InChI=1S/C13H9BrN2O/c1-8-6-7-11-13(15-8)17-12(16-11)9-4-2-3-5-10(9)14/h2-7H,1H3. The molecule has 0 aliphatic heterocycles. The average molecular weight is 289 g/mol. The number of fused-ring (bicyclic) bond motifs is 1. The molecule has 2 heterocycles. The Morgan fingerprint density at radius 3 is 2.71 bits per heavy atom. The zero-order valence-electron chi connectivity index (χ0n) is 9.14. The van der Waals surface area contributed by atoms with Crippen molar-refractivity contribution >= 4 is 27.2 Å². The minimum Gasteiger partial charge on any atom is -0.418 e. The van der Waals surface area contributed by atoms with Gasteiger partial charge in [0.2, 0.25) is 11.6 Å². The summed E-state index contributed by atoms with van der Waals surface area (Å²) in [6, 6.07) is 11.7. The van der Waals surface area contributed by atoms with E-state index >= 15 is 0 Å². The van der Waals surface area contributed by atoms with Crippen LogP contribution in [0.25, 0.3) is 22.7 Å². The van der Waals surface area contributed by atoms with Gasteiger partial charge in [0.05, 0.1) is 5.56 Å². The molecule has 0 radical (unpaired) electrons. The van der Waals surface area contributed by atoms with Gasteiger partial charge in [0.15, 0.2) is 0 Å². The van der Waals surface area contributed by atoms with E-state index in [9.17, 15) is 0 Å². The second kappa shape index (κ2) is 3.96. The first-order chi connectivity index (χ1) is 8.24. The van der Waals surface area contributed by atoms with Crippen LogP contribution in [-0.2, 0) is 0 Å². The van der Waals surface area contributed by atoms with Gasteiger partial charge in [-0.15, -0.1) is 0 Å². The fraction of sp³-hybridized carbons (Fsp3) is 0.0769. The summed E-state index contributed by atoms with van der Waals surface area (Å²) in [6.45, 7) is 1.93. The van der Waals surface area contributed by atoms with Crippen LogP contribution >= 0.6 is 15.9 Å². The van der Waals surface area contributed by atoms with Gasteiger partial charge in [0.1, 0.15) is 5.52 Å². The number of pyridine rings is 1. The van der Waals surface area contributed by atoms with Crippen LogP contribution in [0.4, 0.5) is 0 Å². The smallest absolute Gasteiger partial charge is 0.247 e. The molecule has 0 aliphatic rings. The maximum Gasteiger partial charge on any atom is 0.247 e. The van der Waals surface area contributed by atoms with Crippen molar-refractivity contribution in [3.05, 3.63) is 46.6 Å². The van der Waals surface area contributed by atoms with Crippen molar-refractivity contribution in [3.8, 4) is 11.5 Å². The molecule has 3 rings (SSSR count). The summed E-state index contributed by atoms with van der Waals surface area (Å²) in [7, 11) is 0. The Morgan fingerprint density at radius 1 is 1.06 bits per heavy atom. The van der Waals surface area contributed by atoms with Crippen LogP contribution in [0, 0.1) is 6.92 Å². The Bertz CT molecular complexity index is 691. The van der Waals surface area contributed by atoms with E-state index in [1.54, 1.807) is 0 Å². The monoisotopic (exact) mass is 288 g/mol. The molecule has 0 bridgehead atoms. The molecular formula is C13H9BrN2O. The highest BCUT2D eigenvalue weighted by molar-refractivity contribution is 9.10. The van der Waals surface area contributed by atoms with Crippen molar-refractivity contribution in [1.82, 2.24) is 9.97 Å². The van der Waals surface area contributed by atoms with Crippen molar-refractivity contribution in [2.75, 3.05) is 0 Å². The van der Waals surface area contributed by atoms with Crippen LogP contribution in [0.15, 0.2) is 45.3 Å². The van der Waals surface area contributed by atoms with E-state index in [1.165, 1.54) is 0 Å². The van der Waals surface area contributed by atoms with Crippen LogP contribution in [0.1, 0.15) is 5.69 Å². The molecule has 0 spiro atoms. The van der Waals surface area contributed by atoms with Crippen LogP contribution in [0.3, 0.4) is 0 Å². The SMILES string of the molecule is Cc1ccc2nc(-c3ccccc3Br)oc2n1. The number of aromatic nitrogens is 2. The van der Waals surface area contributed by atoms with Gasteiger partial charge < -0.3 is 4.42 Å². The van der Waals surface area contributed by atoms with Gasteiger partial charge in [0, 0.05) is 10.2 Å². The summed E-state index contributed by atoms with van der Waals surface area (Å²) < 4.78 is 6.62. The summed E-state index contributed by atoms with van der Waals surface area (Å²) in [5.41, 5.74) is 3.22. The van der Waals surface area contributed by atoms with Crippen LogP contribution < -0.4 is 0 Å². The van der Waals surface area contributed by atoms with Crippen molar-refractivity contribution in [2.45, 2.75) is 6.92 Å². The Hall–Kier alpha value is -1.68. The molecule has 0 fully saturated rings. The summed E-state index contributed by atoms with van der Waals surface area (Å²) in [5, 5.41) is 0. The van der Waals surface area contributed by atoms with E-state index in [0.717, 1.165) is 21.2 Å². The van der Waals surface area contributed by atoms with Gasteiger partial charge in [-0.25, -0.2) is 9.97 Å². The maximum absolute atomic E-state index is 5.66. The molecule has 3 nitrogen and oxygen atoms in total. The number of aryl methyl sites for hydroxylation is 1. The third kappa shape index (κ3) is 1.85. The molecule has 2 aromatic heterocycles. The van der Waals surface area contributed by atoms with E-state index in [1.807, 2.05) is 43.3 Å². The number of hydrogen-bond acceptors (Lipinski definition) is 3. The Balaban J connectivity index is 2.22. The molecule has 0 saturated carbocycles. The Morgan fingerprint density at radius 2 is 1.88 bits per heavy atom. The minimum absolute atomic E-state index is 0.579. The van der Waals surface area contributed by atoms with Crippen LogP contribution in [-0.4, -0.2) is 9.97 Å². The predicted octanol–water partition coefficient (Wildman–Crippen LogP) is 3.96. The van der Waals surface area contributed by atoms with E-state index < -0.39 is 0 Å². The summed E-state index contributed by atoms with van der Waals surface area (Å²) in [4.78, 5) is 8.73. The van der Waals surface area contributed by atoms with Crippen LogP contribution in [0.5, 0.6) is 0 Å². The number of halogens is 1. The number of oxazole rings is 1. The highest BCUT2D eigenvalue weighted by Crippen LogP contribution is 2.29. The van der Waals surface area contributed by atoms with Crippen molar-refractivity contribution in [3.63, 3.8) is 0 Å². The van der Waals surface area contributed by atoms with Crippen molar-refractivity contribution < 1.29 is 4.42 Å². The van der Waals surface area contributed by atoms with Gasteiger partial charge in [0.25, 0.3) is 0 Å². The van der Waals surface area contributed by atoms with E-state index in [2.05, 4.69) is 25.9 Å². The molecule has 0 aliphatic carbocycles. The largest absolute Gasteiger partial charge is 0.418 e. The third-order valence-electron chi connectivity index (χ3n) is 2.50. The highest BCUT2D eigenvalue weighted by atomic mass is 79.9. The molecule has 0 atom stereocenters. The summed E-state index contributed by atoms with van der Waals surface area (Å²) in [6.07, 6.45) is 0. The highest BCUT2D eigenvalue weighted by Gasteiger charge is 2.11. The molecule has 0 amide bonds. The Labute approximate surface area is 107 Å². The van der Waals surface area contributed by atoms with E-state index in [4.69, 9.17) is 4.42 Å². The maximum atomic E-state index is 5.66. The molecule has 0 N–H and O–H groups in total. The molecule has 84 valence electrons. The van der Waals surface area contributed by atoms with E-state index in [-0.39, 0.29) is 0 Å². The number of hydrogen-bond donors (Lipinski definition) is 0. The quantitative estimate of drug-likeness (QED) is 0.680. The van der Waals surface area contributed by atoms with Gasteiger partial charge in [-0.05, 0) is 47.1 Å². The minimum atomic E-state index is 0.579. The van der Waals surface area contributed by atoms with Crippen molar-refractivity contribution in [2.24, 2.45) is 0 Å². The average Bonchev–Trinajstić information content (AvgIpc) is 2.72. The molecule has 17 heavy (non-hydrogen) atoms. The second-order valence-electron chi connectivity index (χ2n) is 3.78. The lowest BCUT2D eigenvalue weighted by Crippen LogP contribution is -1.78. The molecule has 0 saturated heterocycles. The lowest BCUT2D eigenvalue weighted by molar-refractivity contribution is 0.606. The topological polar surface area (TPSA) is 38.9 Å². The zero-order valence-corrected chi connectivity index (χ0v) is 10.7. The molecule has 1 aromatic carbocycles. The Kier molecular flexibility index (Phi) is 2.44. The normalized spacial score (nSPS) is 10.9. The summed E-state index contributed by atoms with van der Waals surface area (Å²) >= 11 is 3.48. The second-order valence-corrected chi connectivity index (χ2v) is 4.63. The van der Waals surface area contributed by atoms with Gasteiger partial charge in [-0.3, -0.25) is 0 Å².